The Balaban J connectivity index is 2.05. The van der Waals surface area contributed by atoms with Crippen molar-refractivity contribution >= 4 is 33.4 Å². The number of rotatable bonds is 4. The summed E-state index contributed by atoms with van der Waals surface area (Å²) in [6.07, 6.45) is 2.98. The highest BCUT2D eigenvalue weighted by Gasteiger charge is 2.16. The van der Waals surface area contributed by atoms with Crippen molar-refractivity contribution < 1.29 is 0 Å². The highest BCUT2D eigenvalue weighted by Crippen LogP contribution is 2.24. The number of thioether (sulfide) groups is 1. The lowest BCUT2D eigenvalue weighted by atomic mass is 10.1. The Morgan fingerprint density at radius 1 is 1.71 bits per heavy atom. The SMILES string of the molecule is CCn1ncc(NCC2CCSC2)c(Br)c1=O. The Morgan fingerprint density at radius 2 is 2.53 bits per heavy atom. The number of nitrogens with one attached hydrogen (secondary N) is 1. The molecule has 4 nitrogen and oxygen atoms in total. The second kappa shape index (κ2) is 5.91. The van der Waals surface area contributed by atoms with Crippen LogP contribution in [0.5, 0.6) is 0 Å². The van der Waals surface area contributed by atoms with Gasteiger partial charge in [0.2, 0.25) is 0 Å². The van der Waals surface area contributed by atoms with E-state index in [9.17, 15) is 4.79 Å². The van der Waals surface area contributed by atoms with Crippen molar-refractivity contribution in [3.63, 3.8) is 0 Å². The average Bonchev–Trinajstić information content (AvgIpc) is 2.84. The molecular weight excluding hydrogens is 302 g/mol. The third kappa shape index (κ3) is 3.04. The molecule has 2 heterocycles. The van der Waals surface area contributed by atoms with Gasteiger partial charge in [0.1, 0.15) is 4.47 Å². The molecule has 2 rings (SSSR count). The van der Waals surface area contributed by atoms with Crippen molar-refractivity contribution in [2.24, 2.45) is 5.92 Å². The Kier molecular flexibility index (Phi) is 4.50. The number of aromatic nitrogens is 2. The molecule has 1 atom stereocenters. The Bertz CT molecular complexity index is 443. The summed E-state index contributed by atoms with van der Waals surface area (Å²) >= 11 is 5.34. The molecule has 1 fully saturated rings. The molecule has 1 aliphatic rings. The summed E-state index contributed by atoms with van der Waals surface area (Å²) in [4.78, 5) is 11.8. The second-order valence-electron chi connectivity index (χ2n) is 4.10. The zero-order chi connectivity index (χ0) is 12.3. The Hall–Kier alpha value is -0.490. The topological polar surface area (TPSA) is 46.9 Å². The van der Waals surface area contributed by atoms with Crippen molar-refractivity contribution in [3.8, 4) is 0 Å². The quantitative estimate of drug-likeness (QED) is 0.924. The fourth-order valence-electron chi connectivity index (χ4n) is 1.81. The molecule has 1 saturated heterocycles. The fourth-order valence-corrected chi connectivity index (χ4v) is 3.54. The van der Waals surface area contributed by atoms with Gasteiger partial charge >= 0.3 is 0 Å². The first-order chi connectivity index (χ1) is 8.22. The van der Waals surface area contributed by atoms with Gasteiger partial charge in [-0.25, -0.2) is 4.68 Å². The van der Waals surface area contributed by atoms with E-state index >= 15 is 0 Å². The van der Waals surface area contributed by atoms with E-state index in [1.54, 1.807) is 6.20 Å². The molecule has 0 aromatic carbocycles. The maximum atomic E-state index is 11.8. The molecule has 0 aliphatic carbocycles. The lowest BCUT2D eigenvalue weighted by Crippen LogP contribution is -2.24. The van der Waals surface area contributed by atoms with Gasteiger partial charge in [-0.3, -0.25) is 4.79 Å². The zero-order valence-corrected chi connectivity index (χ0v) is 12.2. The van der Waals surface area contributed by atoms with Crippen LogP contribution in [0.4, 0.5) is 5.69 Å². The van der Waals surface area contributed by atoms with Gasteiger partial charge in [-0.15, -0.1) is 0 Å². The number of nitrogens with zero attached hydrogens (tertiary/aromatic N) is 2. The van der Waals surface area contributed by atoms with Crippen LogP contribution in [0.15, 0.2) is 15.5 Å². The van der Waals surface area contributed by atoms with Gasteiger partial charge in [0.25, 0.3) is 5.56 Å². The predicted molar refractivity (Wildman–Crippen MR) is 75.8 cm³/mol. The van der Waals surface area contributed by atoms with E-state index in [4.69, 9.17) is 0 Å². The van der Waals surface area contributed by atoms with Gasteiger partial charge in [0.15, 0.2) is 0 Å². The molecular formula is C11H16BrN3OS. The van der Waals surface area contributed by atoms with Crippen LogP contribution in [0.2, 0.25) is 0 Å². The first-order valence-corrected chi connectivity index (χ1v) is 7.74. The molecule has 94 valence electrons. The molecule has 0 saturated carbocycles. The molecule has 17 heavy (non-hydrogen) atoms. The first kappa shape index (κ1) is 13.0. The van der Waals surface area contributed by atoms with Crippen LogP contribution in [0.25, 0.3) is 0 Å². The molecule has 1 unspecified atom stereocenters. The van der Waals surface area contributed by atoms with Crippen LogP contribution < -0.4 is 10.9 Å². The van der Waals surface area contributed by atoms with E-state index in [1.807, 2.05) is 18.7 Å². The van der Waals surface area contributed by atoms with E-state index in [0.717, 1.165) is 12.2 Å². The van der Waals surface area contributed by atoms with Crippen LogP contribution in [0, 0.1) is 5.92 Å². The van der Waals surface area contributed by atoms with Crippen molar-refractivity contribution in [1.29, 1.82) is 0 Å². The third-order valence-corrected chi connectivity index (χ3v) is 4.89. The number of halogens is 1. The predicted octanol–water partition coefficient (Wildman–Crippen LogP) is 2.19. The zero-order valence-electron chi connectivity index (χ0n) is 9.78. The molecule has 0 bridgehead atoms. The molecule has 1 N–H and O–H groups in total. The maximum absolute atomic E-state index is 11.8. The lowest BCUT2D eigenvalue weighted by molar-refractivity contribution is 0.608. The van der Waals surface area contributed by atoms with Crippen LogP contribution in [-0.2, 0) is 6.54 Å². The average molecular weight is 318 g/mol. The highest BCUT2D eigenvalue weighted by atomic mass is 79.9. The summed E-state index contributed by atoms with van der Waals surface area (Å²) in [5.41, 5.74) is 0.731. The number of hydrogen-bond acceptors (Lipinski definition) is 4. The monoisotopic (exact) mass is 317 g/mol. The third-order valence-electron chi connectivity index (χ3n) is 2.89. The normalized spacial score (nSPS) is 19.5. The minimum absolute atomic E-state index is 0.0710. The number of anilines is 1. The molecule has 1 aliphatic heterocycles. The lowest BCUT2D eigenvalue weighted by Gasteiger charge is -2.12. The second-order valence-corrected chi connectivity index (χ2v) is 6.05. The van der Waals surface area contributed by atoms with Gasteiger partial charge in [-0.05, 0) is 46.7 Å². The van der Waals surface area contributed by atoms with Crippen molar-refractivity contribution in [1.82, 2.24) is 9.78 Å². The Morgan fingerprint density at radius 3 is 3.18 bits per heavy atom. The molecule has 6 heteroatoms. The van der Waals surface area contributed by atoms with E-state index in [0.29, 0.717) is 16.9 Å². The van der Waals surface area contributed by atoms with Crippen molar-refractivity contribution in [2.45, 2.75) is 19.9 Å². The van der Waals surface area contributed by atoms with E-state index in [2.05, 4.69) is 26.3 Å². The van der Waals surface area contributed by atoms with Crippen LogP contribution in [0.1, 0.15) is 13.3 Å². The molecule has 1 aromatic heterocycles. The number of hydrogen-bond donors (Lipinski definition) is 1. The van der Waals surface area contributed by atoms with E-state index in [-0.39, 0.29) is 5.56 Å². The van der Waals surface area contributed by atoms with E-state index < -0.39 is 0 Å². The summed E-state index contributed by atoms with van der Waals surface area (Å²) in [5, 5.41) is 7.42. The molecule has 0 amide bonds. The summed E-state index contributed by atoms with van der Waals surface area (Å²) in [7, 11) is 0. The summed E-state index contributed by atoms with van der Waals surface area (Å²) in [5.74, 6) is 3.17. The van der Waals surface area contributed by atoms with Gasteiger partial charge in [-0.1, -0.05) is 0 Å². The van der Waals surface area contributed by atoms with Crippen LogP contribution >= 0.6 is 27.7 Å². The first-order valence-electron chi connectivity index (χ1n) is 5.79. The van der Waals surface area contributed by atoms with Gasteiger partial charge in [0.05, 0.1) is 11.9 Å². The summed E-state index contributed by atoms with van der Waals surface area (Å²) < 4.78 is 2.03. The van der Waals surface area contributed by atoms with Gasteiger partial charge in [-0.2, -0.15) is 16.9 Å². The molecule has 1 aromatic rings. The van der Waals surface area contributed by atoms with Gasteiger partial charge in [0, 0.05) is 13.1 Å². The highest BCUT2D eigenvalue weighted by molar-refractivity contribution is 9.10. The smallest absolute Gasteiger partial charge is 0.283 e. The minimum Gasteiger partial charge on any atom is -0.382 e. The minimum atomic E-state index is -0.0710. The maximum Gasteiger partial charge on any atom is 0.283 e. The summed E-state index contributed by atoms with van der Waals surface area (Å²) in [6.45, 7) is 3.42. The van der Waals surface area contributed by atoms with Crippen molar-refractivity contribution in [2.75, 3.05) is 23.4 Å². The number of aryl methyl sites for hydroxylation is 1. The standard InChI is InChI=1S/C11H16BrN3OS/c1-2-15-11(16)10(12)9(6-14-15)13-5-8-3-4-17-7-8/h6,8,13H,2-5,7H2,1H3. The largest absolute Gasteiger partial charge is 0.382 e. The van der Waals surface area contributed by atoms with Crippen LogP contribution in [0.3, 0.4) is 0 Å². The Labute approximate surface area is 113 Å². The van der Waals surface area contributed by atoms with Crippen molar-refractivity contribution in [3.05, 3.63) is 21.0 Å². The molecule has 0 spiro atoms. The van der Waals surface area contributed by atoms with Crippen LogP contribution in [-0.4, -0.2) is 27.8 Å². The van der Waals surface area contributed by atoms with Gasteiger partial charge < -0.3 is 5.32 Å². The molecule has 0 radical (unpaired) electrons. The summed E-state index contributed by atoms with van der Waals surface area (Å²) in [6, 6.07) is 0. The fraction of sp³-hybridized carbons (Fsp3) is 0.636. The van der Waals surface area contributed by atoms with E-state index in [1.165, 1.54) is 22.6 Å².